The molecule has 0 amide bonds. The number of nitrogens with zero attached hydrogens (tertiary/aromatic N) is 3. The lowest BCUT2D eigenvalue weighted by atomic mass is 9.98. The minimum Gasteiger partial charge on any atom is -0.493 e. The van der Waals surface area contributed by atoms with Crippen molar-refractivity contribution in [3.63, 3.8) is 0 Å². The molecular weight excluding hydrogens is 547 g/mol. The molecule has 1 aliphatic rings. The highest BCUT2D eigenvalue weighted by Crippen LogP contribution is 2.32. The van der Waals surface area contributed by atoms with Crippen LogP contribution in [0.2, 0.25) is 0 Å². The number of halogens is 3. The molecule has 2 aromatic carbocycles. The van der Waals surface area contributed by atoms with E-state index in [9.17, 15) is 26.4 Å². The van der Waals surface area contributed by atoms with Gasteiger partial charge in [0.25, 0.3) is 0 Å². The maximum atomic E-state index is 12.8. The smallest absolute Gasteiger partial charge is 0.491 e. The third-order valence-electron chi connectivity index (χ3n) is 6.57. The molecule has 0 unspecified atom stereocenters. The molecule has 0 radical (unpaired) electrons. The van der Waals surface area contributed by atoms with Crippen LogP contribution in [0.5, 0.6) is 11.6 Å². The van der Waals surface area contributed by atoms with Gasteiger partial charge in [-0.1, -0.05) is 43.7 Å². The zero-order valence-electron chi connectivity index (χ0n) is 22.1. The molecule has 0 aliphatic carbocycles. The maximum Gasteiger partial charge on any atom is 0.491 e. The highest BCUT2D eigenvalue weighted by atomic mass is 32.2. The summed E-state index contributed by atoms with van der Waals surface area (Å²) in [6.45, 7) is 3.26. The molecule has 3 aromatic rings. The SMILES string of the molecule is CCCc1cnc(N2CCC(COc3ccc(-c4ccccc4)c(S(C)(=O)=O)c3)CC2)nc1OC(=O)C(F)(F)F. The van der Waals surface area contributed by atoms with E-state index >= 15 is 0 Å². The second-order valence-corrected chi connectivity index (χ2v) is 11.7. The number of aryl methyl sites for hydroxylation is 1. The summed E-state index contributed by atoms with van der Waals surface area (Å²) in [6.07, 6.45) is -0.188. The van der Waals surface area contributed by atoms with Gasteiger partial charge in [-0.3, -0.25) is 0 Å². The van der Waals surface area contributed by atoms with E-state index in [-0.39, 0.29) is 22.6 Å². The first-order chi connectivity index (χ1) is 19.0. The minimum absolute atomic E-state index is 0.161. The first-order valence-electron chi connectivity index (χ1n) is 12.9. The van der Waals surface area contributed by atoms with E-state index in [1.54, 1.807) is 18.2 Å². The highest BCUT2D eigenvalue weighted by molar-refractivity contribution is 7.90. The molecule has 2 heterocycles. The quantitative estimate of drug-likeness (QED) is 0.318. The number of piperidine rings is 1. The van der Waals surface area contributed by atoms with Crippen molar-refractivity contribution in [3.8, 4) is 22.8 Å². The van der Waals surface area contributed by atoms with Crippen molar-refractivity contribution in [2.24, 2.45) is 5.92 Å². The van der Waals surface area contributed by atoms with E-state index in [0.29, 0.717) is 62.3 Å². The second kappa shape index (κ2) is 12.2. The summed E-state index contributed by atoms with van der Waals surface area (Å²) < 4.78 is 73.8. The monoisotopic (exact) mass is 577 g/mol. The lowest BCUT2D eigenvalue weighted by molar-refractivity contribution is -0.190. The van der Waals surface area contributed by atoms with E-state index in [0.717, 1.165) is 5.56 Å². The molecule has 1 aliphatic heterocycles. The molecule has 1 fully saturated rings. The van der Waals surface area contributed by atoms with E-state index in [4.69, 9.17) is 4.74 Å². The number of sulfone groups is 1. The Bertz CT molecular complexity index is 1440. The number of alkyl halides is 3. The first kappa shape index (κ1) is 29.3. The van der Waals surface area contributed by atoms with Crippen LogP contribution in [0.15, 0.2) is 59.6 Å². The van der Waals surface area contributed by atoms with Crippen molar-refractivity contribution in [1.29, 1.82) is 0 Å². The first-order valence-corrected chi connectivity index (χ1v) is 14.8. The summed E-state index contributed by atoms with van der Waals surface area (Å²) in [5.74, 6) is -1.89. The van der Waals surface area contributed by atoms with Crippen LogP contribution < -0.4 is 14.4 Å². The highest BCUT2D eigenvalue weighted by Gasteiger charge is 2.42. The number of carbonyl (C=O) groups excluding carboxylic acids is 1. The van der Waals surface area contributed by atoms with E-state index in [1.165, 1.54) is 12.5 Å². The normalized spacial score (nSPS) is 14.7. The number of aromatic nitrogens is 2. The standard InChI is InChI=1S/C28H30F3N3O5S/c1-3-7-21-17-32-27(33-25(21)39-26(35)28(29,30)31)34-14-12-19(13-15-34)18-38-22-10-11-23(20-8-5-4-6-9-20)24(16-22)40(2,36)37/h4-6,8-11,16-17,19H,3,7,12-15,18H2,1-2H3. The summed E-state index contributed by atoms with van der Waals surface area (Å²) in [5.41, 5.74) is 1.73. The average molecular weight is 578 g/mol. The van der Waals surface area contributed by atoms with Crippen LogP contribution >= 0.6 is 0 Å². The van der Waals surface area contributed by atoms with Crippen molar-refractivity contribution in [2.75, 3.05) is 30.9 Å². The average Bonchev–Trinajstić information content (AvgIpc) is 2.92. The van der Waals surface area contributed by atoms with Gasteiger partial charge in [0, 0.05) is 36.7 Å². The molecule has 0 bridgehead atoms. The summed E-state index contributed by atoms with van der Waals surface area (Å²) >= 11 is 0. The molecule has 0 spiro atoms. The molecule has 0 N–H and O–H groups in total. The number of rotatable bonds is 9. The van der Waals surface area contributed by atoms with Crippen molar-refractivity contribution >= 4 is 21.8 Å². The topological polar surface area (TPSA) is 98.7 Å². The largest absolute Gasteiger partial charge is 0.493 e. The molecule has 1 saturated heterocycles. The van der Waals surface area contributed by atoms with Gasteiger partial charge in [-0.2, -0.15) is 18.2 Å². The van der Waals surface area contributed by atoms with Crippen LogP contribution in [0.25, 0.3) is 11.1 Å². The van der Waals surface area contributed by atoms with Gasteiger partial charge in [-0.05, 0) is 48.9 Å². The van der Waals surface area contributed by atoms with Gasteiger partial charge >= 0.3 is 12.1 Å². The Kier molecular flexibility index (Phi) is 8.97. The Hall–Kier alpha value is -3.67. The van der Waals surface area contributed by atoms with Gasteiger partial charge in [0.05, 0.1) is 11.5 Å². The van der Waals surface area contributed by atoms with Gasteiger partial charge < -0.3 is 14.4 Å². The third-order valence-corrected chi connectivity index (χ3v) is 7.71. The number of hydrogen-bond acceptors (Lipinski definition) is 8. The second-order valence-electron chi connectivity index (χ2n) is 9.68. The van der Waals surface area contributed by atoms with Gasteiger partial charge in [0.2, 0.25) is 11.8 Å². The van der Waals surface area contributed by atoms with Crippen LogP contribution in [0.4, 0.5) is 19.1 Å². The van der Waals surface area contributed by atoms with E-state index < -0.39 is 22.0 Å². The Balaban J connectivity index is 1.40. The lowest BCUT2D eigenvalue weighted by Gasteiger charge is -2.32. The summed E-state index contributed by atoms with van der Waals surface area (Å²) in [4.78, 5) is 21.9. The molecular formula is C28H30F3N3O5S. The molecule has 12 heteroatoms. The third kappa shape index (κ3) is 7.29. The van der Waals surface area contributed by atoms with Gasteiger partial charge in [-0.25, -0.2) is 18.2 Å². The van der Waals surface area contributed by atoms with Crippen LogP contribution in [0.1, 0.15) is 31.7 Å². The zero-order valence-corrected chi connectivity index (χ0v) is 23.0. The van der Waals surface area contributed by atoms with E-state index in [1.807, 2.05) is 42.2 Å². The fourth-order valence-corrected chi connectivity index (χ4v) is 5.39. The van der Waals surface area contributed by atoms with Crippen molar-refractivity contribution in [1.82, 2.24) is 9.97 Å². The van der Waals surface area contributed by atoms with Crippen LogP contribution in [0.3, 0.4) is 0 Å². The van der Waals surface area contributed by atoms with Crippen molar-refractivity contribution in [2.45, 2.75) is 43.7 Å². The minimum atomic E-state index is -5.13. The predicted molar refractivity (Wildman–Crippen MR) is 143 cm³/mol. The fraction of sp³-hybridized carbons (Fsp3) is 0.393. The van der Waals surface area contributed by atoms with Gasteiger partial charge in [0.1, 0.15) is 5.75 Å². The molecule has 8 nitrogen and oxygen atoms in total. The Labute approximate surface area is 231 Å². The number of anilines is 1. The van der Waals surface area contributed by atoms with E-state index in [2.05, 4.69) is 14.7 Å². The summed E-state index contributed by atoms with van der Waals surface area (Å²) in [7, 11) is -3.51. The van der Waals surface area contributed by atoms with Gasteiger partial charge in [-0.15, -0.1) is 0 Å². The number of ether oxygens (including phenoxy) is 2. The molecule has 1 aromatic heterocycles. The number of benzene rings is 2. The molecule has 0 saturated carbocycles. The van der Waals surface area contributed by atoms with Gasteiger partial charge in [0.15, 0.2) is 9.84 Å². The number of esters is 1. The van der Waals surface area contributed by atoms with Crippen LogP contribution in [-0.4, -0.2) is 56.5 Å². The van der Waals surface area contributed by atoms with Crippen molar-refractivity contribution in [3.05, 3.63) is 60.3 Å². The maximum absolute atomic E-state index is 12.8. The number of carbonyl (C=O) groups is 1. The molecule has 4 rings (SSSR count). The Morgan fingerprint density at radius 3 is 2.42 bits per heavy atom. The lowest BCUT2D eigenvalue weighted by Crippen LogP contribution is -2.37. The van der Waals surface area contributed by atoms with Crippen LogP contribution in [-0.2, 0) is 21.1 Å². The summed E-state index contributed by atoms with van der Waals surface area (Å²) in [5, 5.41) is 0. The molecule has 40 heavy (non-hydrogen) atoms. The fourth-order valence-electron chi connectivity index (χ4n) is 4.48. The van der Waals surface area contributed by atoms with Crippen LogP contribution in [0, 0.1) is 5.92 Å². The zero-order chi connectivity index (χ0) is 28.9. The predicted octanol–water partition coefficient (Wildman–Crippen LogP) is 5.26. The Morgan fingerprint density at radius 1 is 1.10 bits per heavy atom. The molecule has 0 atom stereocenters. The summed E-state index contributed by atoms with van der Waals surface area (Å²) in [6, 6.07) is 14.3. The van der Waals surface area contributed by atoms with Crippen molar-refractivity contribution < 1.29 is 35.9 Å². The molecule has 214 valence electrons. The number of hydrogen-bond donors (Lipinski definition) is 0. The Morgan fingerprint density at radius 2 is 1.80 bits per heavy atom.